The minimum atomic E-state index is -4.13. The van der Waals surface area contributed by atoms with Crippen LogP contribution in [0.1, 0.15) is 56.5 Å². The van der Waals surface area contributed by atoms with Crippen LogP contribution >= 0.6 is 0 Å². The number of unbranched alkanes of at least 4 members (excludes halogenated alkanes) is 1. The van der Waals surface area contributed by atoms with E-state index in [1.165, 1.54) is 12.1 Å². The van der Waals surface area contributed by atoms with Crippen LogP contribution in [0.15, 0.2) is 17.0 Å². The van der Waals surface area contributed by atoms with Crippen molar-refractivity contribution in [2.24, 2.45) is 5.14 Å². The molecule has 1 amide bonds. The van der Waals surface area contributed by atoms with E-state index >= 15 is 0 Å². The predicted octanol–water partition coefficient (Wildman–Crippen LogP) is 1.87. The zero-order chi connectivity index (χ0) is 17.1. The molecule has 0 fully saturated rings. The number of phenols is 1. The van der Waals surface area contributed by atoms with Gasteiger partial charge in [-0.2, -0.15) is 0 Å². The van der Waals surface area contributed by atoms with Gasteiger partial charge in [0, 0.05) is 6.54 Å². The Bertz CT molecular complexity index is 661. The molecule has 124 valence electrons. The molecule has 0 aliphatic rings. The normalized spacial score (nSPS) is 12.2. The molecule has 1 rings (SSSR count). The Hall–Kier alpha value is -1.60. The van der Waals surface area contributed by atoms with Crippen molar-refractivity contribution in [1.82, 2.24) is 5.32 Å². The predicted molar refractivity (Wildman–Crippen MR) is 85.4 cm³/mol. The van der Waals surface area contributed by atoms with Gasteiger partial charge in [-0.05, 0) is 29.5 Å². The number of phenolic OH excluding ortho intramolecular Hbond substituents is 1. The van der Waals surface area contributed by atoms with Crippen LogP contribution in [0.5, 0.6) is 5.75 Å². The summed E-state index contributed by atoms with van der Waals surface area (Å²) in [6.07, 6.45) is 1.71. The Morgan fingerprint density at radius 2 is 1.91 bits per heavy atom. The van der Waals surface area contributed by atoms with E-state index in [-0.39, 0.29) is 5.56 Å². The average molecular weight is 328 g/mol. The largest absolute Gasteiger partial charge is 0.506 e. The van der Waals surface area contributed by atoms with Crippen molar-refractivity contribution >= 4 is 15.9 Å². The smallest absolute Gasteiger partial charge is 0.255 e. The van der Waals surface area contributed by atoms with Gasteiger partial charge in [0.25, 0.3) is 5.91 Å². The molecule has 0 heterocycles. The lowest BCUT2D eigenvalue weighted by Crippen LogP contribution is -2.26. The summed E-state index contributed by atoms with van der Waals surface area (Å²) in [5.41, 5.74) is 0.133. The number of hydrogen-bond acceptors (Lipinski definition) is 4. The van der Waals surface area contributed by atoms with Crippen molar-refractivity contribution in [3.05, 3.63) is 23.3 Å². The summed E-state index contributed by atoms with van der Waals surface area (Å²) in [6, 6.07) is 2.82. The van der Waals surface area contributed by atoms with Gasteiger partial charge in [0.1, 0.15) is 10.6 Å². The van der Waals surface area contributed by atoms with E-state index in [2.05, 4.69) is 5.32 Å². The molecule has 0 bridgehead atoms. The molecular formula is C15H24N2O4S. The second-order valence-electron chi connectivity index (χ2n) is 6.28. The molecule has 0 saturated carbocycles. The monoisotopic (exact) mass is 328 g/mol. The van der Waals surface area contributed by atoms with Gasteiger partial charge in [0.15, 0.2) is 0 Å². The van der Waals surface area contributed by atoms with Crippen molar-refractivity contribution < 1.29 is 18.3 Å². The highest BCUT2D eigenvalue weighted by Gasteiger charge is 2.26. The van der Waals surface area contributed by atoms with Crippen molar-refractivity contribution in [2.75, 3.05) is 6.54 Å². The lowest BCUT2D eigenvalue weighted by atomic mass is 9.86. The van der Waals surface area contributed by atoms with Crippen LogP contribution in [0, 0.1) is 0 Å². The molecule has 0 atom stereocenters. The molecule has 0 aliphatic carbocycles. The Labute approximate surface area is 131 Å². The van der Waals surface area contributed by atoms with E-state index in [1.54, 1.807) is 0 Å². The average Bonchev–Trinajstić information content (AvgIpc) is 2.36. The van der Waals surface area contributed by atoms with Crippen LogP contribution in [-0.2, 0) is 15.4 Å². The molecule has 6 nitrogen and oxygen atoms in total. The number of hydrogen-bond donors (Lipinski definition) is 3. The van der Waals surface area contributed by atoms with E-state index in [1.807, 2.05) is 27.7 Å². The SMILES string of the molecule is CCCCNC(=O)c1cc(C(C)(C)C)cc(S(N)(=O)=O)c1O. The molecule has 0 aromatic heterocycles. The molecule has 0 saturated heterocycles. The highest BCUT2D eigenvalue weighted by atomic mass is 32.2. The number of benzene rings is 1. The second-order valence-corrected chi connectivity index (χ2v) is 7.80. The van der Waals surface area contributed by atoms with Crippen LogP contribution in [0.4, 0.5) is 0 Å². The van der Waals surface area contributed by atoms with Crippen molar-refractivity contribution in [3.8, 4) is 5.75 Å². The van der Waals surface area contributed by atoms with Crippen LogP contribution < -0.4 is 10.5 Å². The van der Waals surface area contributed by atoms with E-state index in [0.29, 0.717) is 12.1 Å². The van der Waals surface area contributed by atoms with Crippen LogP contribution in [0.2, 0.25) is 0 Å². The fraction of sp³-hybridized carbons (Fsp3) is 0.533. The molecular weight excluding hydrogens is 304 g/mol. The molecule has 4 N–H and O–H groups in total. The number of nitrogens with one attached hydrogen (secondary N) is 1. The molecule has 22 heavy (non-hydrogen) atoms. The summed E-state index contributed by atoms with van der Waals surface area (Å²) < 4.78 is 23.3. The van der Waals surface area contributed by atoms with Gasteiger partial charge in [0.2, 0.25) is 10.0 Å². The minimum absolute atomic E-state index is 0.0763. The number of aromatic hydroxyl groups is 1. The Morgan fingerprint density at radius 1 is 1.32 bits per heavy atom. The van der Waals surface area contributed by atoms with Crippen LogP contribution in [-0.4, -0.2) is 26.0 Å². The number of nitrogens with two attached hydrogens (primary N) is 1. The Morgan fingerprint density at radius 3 is 2.36 bits per heavy atom. The van der Waals surface area contributed by atoms with Gasteiger partial charge in [-0.1, -0.05) is 34.1 Å². The molecule has 0 spiro atoms. The summed E-state index contributed by atoms with van der Waals surface area (Å²) in [5.74, 6) is -1.12. The van der Waals surface area contributed by atoms with Crippen molar-refractivity contribution in [2.45, 2.75) is 50.8 Å². The van der Waals surface area contributed by atoms with E-state index in [0.717, 1.165) is 12.8 Å². The molecule has 0 aliphatic heterocycles. The number of sulfonamides is 1. The van der Waals surface area contributed by atoms with E-state index < -0.39 is 32.0 Å². The topological polar surface area (TPSA) is 109 Å². The Kier molecular flexibility index (Phi) is 5.59. The molecule has 7 heteroatoms. The third-order valence-electron chi connectivity index (χ3n) is 3.31. The first-order valence-electron chi connectivity index (χ1n) is 7.17. The maximum Gasteiger partial charge on any atom is 0.255 e. The van der Waals surface area contributed by atoms with Crippen LogP contribution in [0.3, 0.4) is 0 Å². The number of amides is 1. The van der Waals surface area contributed by atoms with Gasteiger partial charge in [-0.3, -0.25) is 4.79 Å². The van der Waals surface area contributed by atoms with Gasteiger partial charge < -0.3 is 10.4 Å². The highest BCUT2D eigenvalue weighted by Crippen LogP contribution is 2.33. The number of rotatable bonds is 5. The summed E-state index contributed by atoms with van der Waals surface area (Å²) in [6.45, 7) is 8.09. The maximum atomic E-state index is 12.2. The number of carbonyl (C=O) groups excluding carboxylic acids is 1. The summed E-state index contributed by atoms with van der Waals surface area (Å²) >= 11 is 0. The van der Waals surface area contributed by atoms with Gasteiger partial charge >= 0.3 is 0 Å². The molecule has 0 unspecified atom stereocenters. The highest BCUT2D eigenvalue weighted by molar-refractivity contribution is 7.89. The molecule has 1 aromatic rings. The van der Waals surface area contributed by atoms with Crippen molar-refractivity contribution in [3.63, 3.8) is 0 Å². The van der Waals surface area contributed by atoms with Gasteiger partial charge in [-0.25, -0.2) is 13.6 Å². The number of carbonyl (C=O) groups is 1. The Balaban J connectivity index is 3.41. The van der Waals surface area contributed by atoms with Crippen molar-refractivity contribution in [1.29, 1.82) is 0 Å². The summed E-state index contributed by atoms with van der Waals surface area (Å²) in [5, 5.41) is 17.9. The second kappa shape index (κ2) is 6.66. The number of primary sulfonamides is 1. The maximum absolute atomic E-state index is 12.2. The molecule has 0 radical (unpaired) electrons. The summed E-state index contributed by atoms with van der Waals surface area (Å²) in [4.78, 5) is 11.8. The minimum Gasteiger partial charge on any atom is -0.506 e. The van der Waals surface area contributed by atoms with Gasteiger partial charge in [-0.15, -0.1) is 0 Å². The third-order valence-corrected chi connectivity index (χ3v) is 4.23. The first-order chi connectivity index (χ1) is 9.98. The summed E-state index contributed by atoms with van der Waals surface area (Å²) in [7, 11) is -4.13. The fourth-order valence-corrected chi connectivity index (χ4v) is 2.58. The first-order valence-corrected chi connectivity index (χ1v) is 8.71. The van der Waals surface area contributed by atoms with E-state index in [4.69, 9.17) is 5.14 Å². The van der Waals surface area contributed by atoms with Crippen LogP contribution in [0.25, 0.3) is 0 Å². The lowest BCUT2D eigenvalue weighted by Gasteiger charge is -2.21. The third kappa shape index (κ3) is 4.45. The standard InChI is InChI=1S/C15H24N2O4S/c1-5-6-7-17-14(19)11-8-10(15(2,3)4)9-12(13(11)18)22(16,20)21/h8-9,18H,5-7H2,1-4H3,(H,17,19)(H2,16,20,21). The first kappa shape index (κ1) is 18.4. The fourth-order valence-electron chi connectivity index (χ4n) is 1.90. The zero-order valence-corrected chi connectivity index (χ0v) is 14.3. The quantitative estimate of drug-likeness (QED) is 0.717. The zero-order valence-electron chi connectivity index (χ0n) is 13.4. The van der Waals surface area contributed by atoms with E-state index in [9.17, 15) is 18.3 Å². The lowest BCUT2D eigenvalue weighted by molar-refractivity contribution is 0.0950. The van der Waals surface area contributed by atoms with Gasteiger partial charge in [0.05, 0.1) is 5.56 Å². The molecule has 1 aromatic carbocycles.